The van der Waals surface area contributed by atoms with Crippen molar-refractivity contribution in [3.05, 3.63) is 35.4 Å². The number of hydrogen-bond acceptors (Lipinski definition) is 6. The van der Waals surface area contributed by atoms with Crippen molar-refractivity contribution in [2.24, 2.45) is 11.7 Å². The van der Waals surface area contributed by atoms with Crippen LogP contribution in [0.2, 0.25) is 5.02 Å². The SMILES string of the molecule is NC(=O)C[C@H]1C[C@@H](Oc2nc3nc(-c4ccc(N5CCOCC5)cc4)c(Cl)cc3[nH]2)C1. The average molecular weight is 442 g/mol. The van der Waals surface area contributed by atoms with E-state index >= 15 is 0 Å². The second-order valence-corrected chi connectivity index (χ2v) is 8.53. The summed E-state index contributed by atoms with van der Waals surface area (Å²) < 4.78 is 11.3. The highest BCUT2D eigenvalue weighted by atomic mass is 35.5. The monoisotopic (exact) mass is 441 g/mol. The zero-order valence-electron chi connectivity index (χ0n) is 17.0. The number of nitrogens with one attached hydrogen (secondary N) is 1. The fourth-order valence-electron chi connectivity index (χ4n) is 4.19. The van der Waals surface area contributed by atoms with Crippen molar-refractivity contribution in [3.8, 4) is 17.3 Å². The van der Waals surface area contributed by atoms with E-state index in [9.17, 15) is 4.79 Å². The van der Waals surface area contributed by atoms with Gasteiger partial charge < -0.3 is 25.1 Å². The van der Waals surface area contributed by atoms with Gasteiger partial charge in [0, 0.05) is 30.8 Å². The van der Waals surface area contributed by atoms with Crippen LogP contribution in [0.25, 0.3) is 22.4 Å². The van der Waals surface area contributed by atoms with E-state index in [1.165, 1.54) is 0 Å². The molecule has 0 bridgehead atoms. The molecule has 5 rings (SSSR count). The van der Waals surface area contributed by atoms with Crippen LogP contribution in [-0.4, -0.2) is 53.3 Å². The van der Waals surface area contributed by atoms with Crippen molar-refractivity contribution in [2.45, 2.75) is 25.4 Å². The van der Waals surface area contributed by atoms with Crippen molar-refractivity contribution < 1.29 is 14.3 Å². The maximum atomic E-state index is 11.0. The molecule has 162 valence electrons. The molecule has 3 heterocycles. The number of primary amides is 1. The minimum atomic E-state index is -0.267. The number of H-pyrrole nitrogens is 1. The van der Waals surface area contributed by atoms with Crippen LogP contribution in [0.15, 0.2) is 30.3 Å². The molecule has 0 radical (unpaired) electrons. The quantitative estimate of drug-likeness (QED) is 0.608. The molecule has 1 aliphatic carbocycles. The van der Waals surface area contributed by atoms with Crippen LogP contribution >= 0.6 is 11.6 Å². The summed E-state index contributed by atoms with van der Waals surface area (Å²) in [4.78, 5) is 25.6. The van der Waals surface area contributed by atoms with E-state index in [2.05, 4.69) is 32.0 Å². The fourth-order valence-corrected chi connectivity index (χ4v) is 4.45. The number of ether oxygens (including phenoxy) is 2. The summed E-state index contributed by atoms with van der Waals surface area (Å²) in [5, 5.41) is 0.548. The van der Waals surface area contributed by atoms with Gasteiger partial charge in [-0.3, -0.25) is 4.79 Å². The lowest BCUT2D eigenvalue weighted by Gasteiger charge is -2.33. The molecule has 2 aromatic heterocycles. The minimum Gasteiger partial charge on any atom is -0.461 e. The Kier molecular flexibility index (Phi) is 5.41. The number of hydrogen-bond donors (Lipinski definition) is 2. The topological polar surface area (TPSA) is 106 Å². The predicted molar refractivity (Wildman–Crippen MR) is 118 cm³/mol. The van der Waals surface area contributed by atoms with Crippen molar-refractivity contribution in [1.29, 1.82) is 0 Å². The number of carbonyl (C=O) groups is 1. The molecule has 1 amide bonds. The van der Waals surface area contributed by atoms with Crippen molar-refractivity contribution in [1.82, 2.24) is 15.0 Å². The highest BCUT2D eigenvalue weighted by Crippen LogP contribution is 2.34. The number of nitrogens with two attached hydrogens (primary N) is 1. The summed E-state index contributed by atoms with van der Waals surface area (Å²) >= 11 is 6.53. The smallest absolute Gasteiger partial charge is 0.296 e. The lowest BCUT2D eigenvalue weighted by Crippen LogP contribution is -2.36. The summed E-state index contributed by atoms with van der Waals surface area (Å²) in [6.45, 7) is 3.29. The largest absolute Gasteiger partial charge is 0.461 e. The number of pyridine rings is 1. The van der Waals surface area contributed by atoms with Gasteiger partial charge in [-0.05, 0) is 37.0 Å². The molecule has 1 aromatic carbocycles. The zero-order valence-corrected chi connectivity index (χ0v) is 17.8. The second-order valence-electron chi connectivity index (χ2n) is 8.13. The zero-order chi connectivity index (χ0) is 21.4. The average Bonchev–Trinajstić information content (AvgIpc) is 3.13. The number of benzene rings is 1. The molecule has 1 saturated carbocycles. The molecule has 3 aromatic rings. The molecule has 9 heteroatoms. The number of morpholine rings is 1. The Morgan fingerprint density at radius 3 is 2.68 bits per heavy atom. The molecule has 0 unspecified atom stereocenters. The maximum absolute atomic E-state index is 11.0. The first-order valence-corrected chi connectivity index (χ1v) is 10.9. The second kappa shape index (κ2) is 8.36. The molecule has 2 aliphatic rings. The van der Waals surface area contributed by atoms with E-state index in [-0.39, 0.29) is 12.0 Å². The fraction of sp³-hybridized carbons (Fsp3) is 0.409. The highest BCUT2D eigenvalue weighted by molar-refractivity contribution is 6.33. The number of amides is 1. The maximum Gasteiger partial charge on any atom is 0.296 e. The Morgan fingerprint density at radius 1 is 1.23 bits per heavy atom. The summed E-state index contributed by atoms with van der Waals surface area (Å²) in [6, 6.07) is 10.5. The molecule has 1 aliphatic heterocycles. The van der Waals surface area contributed by atoms with Crippen molar-refractivity contribution in [3.63, 3.8) is 0 Å². The number of aromatic nitrogens is 3. The predicted octanol–water partition coefficient (Wildman–Crippen LogP) is 3.15. The van der Waals surface area contributed by atoms with Crippen LogP contribution in [0.5, 0.6) is 6.01 Å². The van der Waals surface area contributed by atoms with E-state index < -0.39 is 0 Å². The highest BCUT2D eigenvalue weighted by Gasteiger charge is 2.32. The van der Waals surface area contributed by atoms with Crippen LogP contribution in [0.3, 0.4) is 0 Å². The van der Waals surface area contributed by atoms with E-state index in [0.717, 1.165) is 55.9 Å². The van der Waals surface area contributed by atoms with Crippen LogP contribution in [-0.2, 0) is 9.53 Å². The summed E-state index contributed by atoms with van der Waals surface area (Å²) in [5.41, 5.74) is 9.31. The first-order chi connectivity index (χ1) is 15.0. The van der Waals surface area contributed by atoms with Crippen LogP contribution in [0.4, 0.5) is 5.69 Å². The van der Waals surface area contributed by atoms with Gasteiger partial charge in [-0.15, -0.1) is 0 Å². The Hall–Kier alpha value is -2.84. The van der Waals surface area contributed by atoms with Gasteiger partial charge in [0.2, 0.25) is 5.91 Å². The first kappa shape index (κ1) is 20.1. The number of fused-ring (bicyclic) bond motifs is 1. The van der Waals surface area contributed by atoms with Crippen molar-refractivity contribution >= 4 is 34.4 Å². The van der Waals surface area contributed by atoms with Crippen LogP contribution < -0.4 is 15.4 Å². The molecular weight excluding hydrogens is 418 g/mol. The minimum absolute atomic E-state index is 0.0348. The Labute approximate surface area is 184 Å². The summed E-state index contributed by atoms with van der Waals surface area (Å²) in [5.74, 6) is 0.0306. The molecule has 1 saturated heterocycles. The van der Waals surface area contributed by atoms with E-state index in [0.29, 0.717) is 34.7 Å². The third-order valence-electron chi connectivity index (χ3n) is 5.88. The molecule has 0 atom stereocenters. The van der Waals surface area contributed by atoms with Gasteiger partial charge in [0.1, 0.15) is 6.10 Å². The first-order valence-electron chi connectivity index (χ1n) is 10.5. The number of halogens is 1. The lowest BCUT2D eigenvalue weighted by atomic mass is 9.80. The standard InChI is InChI=1S/C22H24ClN5O3/c23-17-12-18-21(27-22(25-18)31-16-9-13(10-16)11-19(24)29)26-20(17)14-1-3-15(4-2-14)28-5-7-30-8-6-28/h1-4,12-13,16H,5-11H2,(H2,24,29)(H,25,26,27)/t13-,16+. The van der Waals surface area contributed by atoms with Gasteiger partial charge in [0.25, 0.3) is 6.01 Å². The number of nitrogens with zero attached hydrogens (tertiary/aromatic N) is 3. The molecular formula is C22H24ClN5O3. The molecule has 31 heavy (non-hydrogen) atoms. The summed E-state index contributed by atoms with van der Waals surface area (Å²) in [6.07, 6.45) is 2.04. The lowest BCUT2D eigenvalue weighted by molar-refractivity contribution is -0.120. The number of imidazole rings is 1. The van der Waals surface area contributed by atoms with E-state index in [1.807, 2.05) is 18.2 Å². The van der Waals surface area contributed by atoms with E-state index in [1.54, 1.807) is 0 Å². The van der Waals surface area contributed by atoms with Crippen LogP contribution in [0.1, 0.15) is 19.3 Å². The van der Waals surface area contributed by atoms with Crippen LogP contribution in [0, 0.1) is 5.92 Å². The molecule has 0 spiro atoms. The molecule has 2 fully saturated rings. The Balaban J connectivity index is 1.31. The summed E-state index contributed by atoms with van der Waals surface area (Å²) in [7, 11) is 0. The van der Waals surface area contributed by atoms with Gasteiger partial charge in [0.05, 0.1) is 29.4 Å². The van der Waals surface area contributed by atoms with Gasteiger partial charge >= 0.3 is 0 Å². The number of aromatic amines is 1. The normalized spacial score (nSPS) is 21.1. The Morgan fingerprint density at radius 2 is 1.97 bits per heavy atom. The van der Waals surface area contributed by atoms with Gasteiger partial charge in [-0.1, -0.05) is 23.7 Å². The number of carbonyl (C=O) groups excluding carboxylic acids is 1. The molecule has 8 nitrogen and oxygen atoms in total. The van der Waals surface area contributed by atoms with Gasteiger partial charge in [-0.25, -0.2) is 4.98 Å². The van der Waals surface area contributed by atoms with Gasteiger partial charge in [0.15, 0.2) is 5.65 Å². The number of rotatable bonds is 6. The van der Waals surface area contributed by atoms with E-state index in [4.69, 9.17) is 26.8 Å². The Bertz CT molecular complexity index is 1090. The molecule has 3 N–H and O–H groups in total. The third-order valence-corrected chi connectivity index (χ3v) is 6.17. The van der Waals surface area contributed by atoms with Crippen molar-refractivity contribution in [2.75, 3.05) is 31.2 Å². The van der Waals surface area contributed by atoms with Gasteiger partial charge in [-0.2, -0.15) is 4.98 Å². The third kappa shape index (κ3) is 4.31. The number of anilines is 1.